The molecule has 0 unspecified atom stereocenters. The number of fused-ring (bicyclic) bond motifs is 1. The monoisotopic (exact) mass is 390 g/mol. The summed E-state index contributed by atoms with van der Waals surface area (Å²) in [5.41, 5.74) is 2.70. The summed E-state index contributed by atoms with van der Waals surface area (Å²) in [5.74, 6) is 1.01. The van der Waals surface area contributed by atoms with Gasteiger partial charge in [0, 0.05) is 18.0 Å². The van der Waals surface area contributed by atoms with E-state index >= 15 is 0 Å². The van der Waals surface area contributed by atoms with E-state index in [-0.39, 0.29) is 12.4 Å². The maximum atomic E-state index is 10.6. The Hall–Kier alpha value is -4.06. The van der Waals surface area contributed by atoms with Crippen LogP contribution in [0.1, 0.15) is 6.92 Å². The van der Waals surface area contributed by atoms with Crippen molar-refractivity contribution in [2.45, 2.75) is 13.5 Å². The number of aromatic hydroxyl groups is 1. The normalized spacial score (nSPS) is 10.8. The predicted molar refractivity (Wildman–Crippen MR) is 105 cm³/mol. The Balaban J connectivity index is 1.74. The van der Waals surface area contributed by atoms with Gasteiger partial charge in [-0.05, 0) is 25.1 Å². The first-order chi connectivity index (χ1) is 14.1. The summed E-state index contributed by atoms with van der Waals surface area (Å²) in [4.78, 5) is 8.96. The van der Waals surface area contributed by atoms with Crippen LogP contribution in [0, 0.1) is 11.3 Å². The second kappa shape index (κ2) is 7.52. The highest BCUT2D eigenvalue weighted by molar-refractivity contribution is 5.87. The van der Waals surface area contributed by atoms with E-state index in [1.807, 2.05) is 25.1 Å². The SMILES string of the molecule is CCOc1ncc(-c2ccc3c(O)n(-c4cnn(CC#N)c4)cc3n2)cc1OC. The Labute approximate surface area is 166 Å². The lowest BCUT2D eigenvalue weighted by Gasteiger charge is -2.09. The maximum Gasteiger partial charge on any atom is 0.256 e. The Morgan fingerprint density at radius 1 is 1.24 bits per heavy atom. The van der Waals surface area contributed by atoms with Crippen molar-refractivity contribution in [2.75, 3.05) is 13.7 Å². The molecular formula is C20H18N6O3. The molecule has 146 valence electrons. The molecule has 0 spiro atoms. The van der Waals surface area contributed by atoms with Crippen molar-refractivity contribution < 1.29 is 14.6 Å². The lowest BCUT2D eigenvalue weighted by molar-refractivity contribution is 0.298. The van der Waals surface area contributed by atoms with Gasteiger partial charge in [-0.3, -0.25) is 9.25 Å². The summed E-state index contributed by atoms with van der Waals surface area (Å²) < 4.78 is 13.9. The molecular weight excluding hydrogens is 372 g/mol. The van der Waals surface area contributed by atoms with Gasteiger partial charge in [-0.2, -0.15) is 10.4 Å². The Bertz CT molecular complexity index is 1220. The number of nitriles is 1. The molecule has 0 aliphatic carbocycles. The van der Waals surface area contributed by atoms with E-state index in [0.29, 0.717) is 40.5 Å². The highest BCUT2D eigenvalue weighted by Crippen LogP contribution is 2.33. The molecule has 9 nitrogen and oxygen atoms in total. The molecule has 29 heavy (non-hydrogen) atoms. The lowest BCUT2D eigenvalue weighted by atomic mass is 10.1. The molecule has 0 fully saturated rings. The second-order valence-electron chi connectivity index (χ2n) is 6.17. The lowest BCUT2D eigenvalue weighted by Crippen LogP contribution is -1.98. The summed E-state index contributed by atoms with van der Waals surface area (Å²) in [6.07, 6.45) is 6.66. The molecule has 0 bridgehead atoms. The molecule has 0 aliphatic heterocycles. The minimum Gasteiger partial charge on any atom is -0.494 e. The zero-order valence-electron chi connectivity index (χ0n) is 15.9. The minimum atomic E-state index is 0.0537. The fraction of sp³-hybridized carbons (Fsp3) is 0.200. The van der Waals surface area contributed by atoms with Crippen LogP contribution in [0.5, 0.6) is 17.5 Å². The highest BCUT2D eigenvalue weighted by atomic mass is 16.5. The first-order valence-electron chi connectivity index (χ1n) is 8.92. The van der Waals surface area contributed by atoms with Crippen molar-refractivity contribution in [1.29, 1.82) is 5.26 Å². The van der Waals surface area contributed by atoms with E-state index in [4.69, 9.17) is 14.7 Å². The fourth-order valence-electron chi connectivity index (χ4n) is 3.03. The van der Waals surface area contributed by atoms with Gasteiger partial charge in [0.1, 0.15) is 6.54 Å². The van der Waals surface area contributed by atoms with Crippen molar-refractivity contribution in [3.05, 3.63) is 43.0 Å². The van der Waals surface area contributed by atoms with Crippen LogP contribution in [0.4, 0.5) is 0 Å². The van der Waals surface area contributed by atoms with Gasteiger partial charge in [-0.15, -0.1) is 0 Å². The zero-order valence-corrected chi connectivity index (χ0v) is 15.9. The van der Waals surface area contributed by atoms with E-state index in [1.165, 1.54) is 4.68 Å². The number of pyridine rings is 2. The van der Waals surface area contributed by atoms with Crippen LogP contribution in [0.25, 0.3) is 27.8 Å². The first kappa shape index (κ1) is 18.3. The number of nitrogens with zero attached hydrogens (tertiary/aromatic N) is 6. The second-order valence-corrected chi connectivity index (χ2v) is 6.17. The minimum absolute atomic E-state index is 0.0537. The molecule has 0 aliphatic rings. The highest BCUT2D eigenvalue weighted by Gasteiger charge is 2.15. The van der Waals surface area contributed by atoms with Gasteiger partial charge in [0.15, 0.2) is 5.75 Å². The standard InChI is InChI=1S/C20H18N6O3/c1-3-29-19-18(28-2)8-13(9-22-19)16-5-4-15-17(24-16)12-26(20(15)27)14-10-23-25(11-14)7-6-21/h4-5,8-12,27H,3,7H2,1-2H3. The van der Waals surface area contributed by atoms with E-state index in [0.717, 1.165) is 5.56 Å². The Morgan fingerprint density at radius 2 is 2.10 bits per heavy atom. The van der Waals surface area contributed by atoms with Crippen LogP contribution in [0.15, 0.2) is 43.0 Å². The van der Waals surface area contributed by atoms with Crippen molar-refractivity contribution in [3.8, 4) is 40.5 Å². The van der Waals surface area contributed by atoms with Crippen LogP contribution >= 0.6 is 0 Å². The Morgan fingerprint density at radius 3 is 2.86 bits per heavy atom. The van der Waals surface area contributed by atoms with Gasteiger partial charge in [-0.1, -0.05) is 0 Å². The number of hydrogen-bond acceptors (Lipinski definition) is 7. The summed E-state index contributed by atoms with van der Waals surface area (Å²) in [6, 6.07) is 7.45. The summed E-state index contributed by atoms with van der Waals surface area (Å²) >= 11 is 0. The van der Waals surface area contributed by atoms with Crippen molar-refractivity contribution in [2.24, 2.45) is 0 Å². The average molecular weight is 390 g/mol. The summed E-state index contributed by atoms with van der Waals surface area (Å²) in [5, 5.41) is 24.1. The van der Waals surface area contributed by atoms with Crippen LogP contribution < -0.4 is 9.47 Å². The summed E-state index contributed by atoms with van der Waals surface area (Å²) in [6.45, 7) is 2.51. The fourth-order valence-corrected chi connectivity index (χ4v) is 3.03. The number of rotatable bonds is 6. The van der Waals surface area contributed by atoms with Gasteiger partial charge in [0.05, 0.1) is 54.5 Å². The van der Waals surface area contributed by atoms with E-state index in [2.05, 4.69) is 15.1 Å². The van der Waals surface area contributed by atoms with Crippen molar-refractivity contribution >= 4 is 10.9 Å². The predicted octanol–water partition coefficient (Wildman–Crippen LogP) is 2.92. The number of methoxy groups -OCH3 is 1. The molecule has 4 aromatic heterocycles. The maximum absolute atomic E-state index is 10.6. The molecule has 9 heteroatoms. The molecule has 0 amide bonds. The van der Waals surface area contributed by atoms with Crippen LogP contribution in [-0.2, 0) is 6.54 Å². The molecule has 4 rings (SSSR count). The molecule has 0 atom stereocenters. The number of aromatic nitrogens is 5. The Kier molecular flexibility index (Phi) is 4.75. The van der Waals surface area contributed by atoms with E-state index < -0.39 is 0 Å². The third-order valence-electron chi connectivity index (χ3n) is 4.39. The number of ether oxygens (including phenoxy) is 2. The molecule has 0 saturated heterocycles. The third kappa shape index (κ3) is 3.32. The molecule has 0 aromatic carbocycles. The zero-order chi connectivity index (χ0) is 20.4. The van der Waals surface area contributed by atoms with Crippen LogP contribution in [0.3, 0.4) is 0 Å². The molecule has 0 saturated carbocycles. The average Bonchev–Trinajstić information content (AvgIpc) is 3.33. The van der Waals surface area contributed by atoms with Gasteiger partial charge >= 0.3 is 0 Å². The molecule has 1 N–H and O–H groups in total. The smallest absolute Gasteiger partial charge is 0.256 e. The first-order valence-corrected chi connectivity index (χ1v) is 8.92. The largest absolute Gasteiger partial charge is 0.494 e. The molecule has 4 heterocycles. The van der Waals surface area contributed by atoms with Crippen LogP contribution in [-0.4, -0.2) is 43.1 Å². The van der Waals surface area contributed by atoms with Gasteiger partial charge in [-0.25, -0.2) is 9.97 Å². The third-order valence-corrected chi connectivity index (χ3v) is 4.39. The van der Waals surface area contributed by atoms with Gasteiger partial charge in [0.25, 0.3) is 5.88 Å². The topological polar surface area (TPSA) is 111 Å². The molecule has 4 aromatic rings. The van der Waals surface area contributed by atoms with Crippen LogP contribution in [0.2, 0.25) is 0 Å². The van der Waals surface area contributed by atoms with Gasteiger partial charge in [0.2, 0.25) is 5.88 Å². The quantitative estimate of drug-likeness (QED) is 0.539. The summed E-state index contributed by atoms with van der Waals surface area (Å²) in [7, 11) is 1.56. The number of hydrogen-bond donors (Lipinski definition) is 1. The van der Waals surface area contributed by atoms with Crippen molar-refractivity contribution in [1.82, 2.24) is 24.3 Å². The molecule has 0 radical (unpaired) electrons. The van der Waals surface area contributed by atoms with E-state index in [9.17, 15) is 5.11 Å². The van der Waals surface area contributed by atoms with E-state index in [1.54, 1.807) is 42.5 Å². The van der Waals surface area contributed by atoms with Gasteiger partial charge < -0.3 is 14.6 Å². The van der Waals surface area contributed by atoms with Crippen molar-refractivity contribution in [3.63, 3.8) is 0 Å².